The minimum absolute atomic E-state index is 0. The standard InChI is InChI=1S/C17H24FN3O.2ClH/c18-14-7-3-12(4-8-14)11-21-9-1-2-16(21)17(22)20-15(10-19)13-5-6-13;;/h3-4,7-8,13,15-16H,1-2,5-6,9-11,19H2,(H,20,22);2*1H. The average molecular weight is 378 g/mol. The van der Waals surface area contributed by atoms with Gasteiger partial charge in [0.2, 0.25) is 5.91 Å². The summed E-state index contributed by atoms with van der Waals surface area (Å²) in [5, 5.41) is 3.13. The van der Waals surface area contributed by atoms with E-state index in [0.29, 0.717) is 19.0 Å². The first-order chi connectivity index (χ1) is 10.7. The molecule has 1 aliphatic carbocycles. The van der Waals surface area contributed by atoms with Gasteiger partial charge in [-0.1, -0.05) is 12.1 Å². The van der Waals surface area contributed by atoms with Gasteiger partial charge >= 0.3 is 0 Å². The normalized spacial score (nSPS) is 21.5. The molecule has 0 aromatic heterocycles. The van der Waals surface area contributed by atoms with Gasteiger partial charge in [0.05, 0.1) is 6.04 Å². The first-order valence-electron chi connectivity index (χ1n) is 8.16. The number of likely N-dealkylation sites (tertiary alicyclic amines) is 1. The number of hydrogen-bond acceptors (Lipinski definition) is 3. The first kappa shape index (κ1) is 21.2. The number of carbonyl (C=O) groups is 1. The fraction of sp³-hybridized carbons (Fsp3) is 0.588. The molecule has 1 aromatic rings. The fourth-order valence-electron chi connectivity index (χ4n) is 3.28. The van der Waals surface area contributed by atoms with Crippen LogP contribution in [0.25, 0.3) is 0 Å². The Hall–Kier alpha value is -0.880. The molecule has 1 saturated heterocycles. The van der Waals surface area contributed by atoms with Gasteiger partial charge in [0.25, 0.3) is 0 Å². The molecule has 0 bridgehead atoms. The highest BCUT2D eigenvalue weighted by Crippen LogP contribution is 2.32. The zero-order valence-corrected chi connectivity index (χ0v) is 15.3. The Labute approximate surface area is 155 Å². The Morgan fingerprint density at radius 1 is 1.25 bits per heavy atom. The highest BCUT2D eigenvalue weighted by molar-refractivity contribution is 5.85. The summed E-state index contributed by atoms with van der Waals surface area (Å²) in [5.74, 6) is 0.442. The van der Waals surface area contributed by atoms with Crippen molar-refractivity contribution >= 4 is 30.7 Å². The van der Waals surface area contributed by atoms with E-state index >= 15 is 0 Å². The molecule has 0 spiro atoms. The predicted molar refractivity (Wildman–Crippen MR) is 98.0 cm³/mol. The number of nitrogens with two attached hydrogens (primary N) is 1. The summed E-state index contributed by atoms with van der Waals surface area (Å²) >= 11 is 0. The maximum atomic E-state index is 13.0. The van der Waals surface area contributed by atoms with E-state index in [2.05, 4.69) is 10.2 Å². The van der Waals surface area contributed by atoms with Crippen molar-refractivity contribution in [3.8, 4) is 0 Å². The molecule has 2 aliphatic rings. The first-order valence-corrected chi connectivity index (χ1v) is 8.16. The molecule has 1 aromatic carbocycles. The molecule has 2 unspecified atom stereocenters. The molecule has 7 heteroatoms. The van der Waals surface area contributed by atoms with Crippen LogP contribution in [-0.2, 0) is 11.3 Å². The van der Waals surface area contributed by atoms with Gasteiger partial charge in [-0.05, 0) is 55.8 Å². The summed E-state index contributed by atoms with van der Waals surface area (Å²) in [6, 6.07) is 6.56. The molecule has 0 radical (unpaired) electrons. The minimum atomic E-state index is -0.227. The molecular weight excluding hydrogens is 352 g/mol. The molecule has 1 heterocycles. The third-order valence-corrected chi connectivity index (χ3v) is 4.74. The van der Waals surface area contributed by atoms with Crippen molar-refractivity contribution in [2.45, 2.75) is 44.3 Å². The van der Waals surface area contributed by atoms with Crippen molar-refractivity contribution in [3.05, 3.63) is 35.6 Å². The number of hydrogen-bond donors (Lipinski definition) is 2. The van der Waals surface area contributed by atoms with E-state index in [-0.39, 0.29) is 48.6 Å². The van der Waals surface area contributed by atoms with Crippen LogP contribution in [0.3, 0.4) is 0 Å². The third kappa shape index (κ3) is 5.31. The lowest BCUT2D eigenvalue weighted by Crippen LogP contribution is -2.49. The van der Waals surface area contributed by atoms with Crippen molar-refractivity contribution < 1.29 is 9.18 Å². The van der Waals surface area contributed by atoms with E-state index in [1.54, 1.807) is 12.1 Å². The second-order valence-electron chi connectivity index (χ2n) is 6.44. The van der Waals surface area contributed by atoms with E-state index in [9.17, 15) is 9.18 Å². The average Bonchev–Trinajstić information content (AvgIpc) is 3.26. The van der Waals surface area contributed by atoms with Crippen LogP contribution in [0.5, 0.6) is 0 Å². The highest BCUT2D eigenvalue weighted by Gasteiger charge is 2.35. The van der Waals surface area contributed by atoms with Gasteiger partial charge in [-0.25, -0.2) is 4.39 Å². The molecule has 4 nitrogen and oxygen atoms in total. The van der Waals surface area contributed by atoms with Crippen molar-refractivity contribution in [1.29, 1.82) is 0 Å². The summed E-state index contributed by atoms with van der Waals surface area (Å²) in [6.45, 7) is 2.11. The maximum absolute atomic E-state index is 13.0. The molecule has 2 atom stereocenters. The van der Waals surface area contributed by atoms with Crippen LogP contribution in [0.1, 0.15) is 31.2 Å². The predicted octanol–water partition coefficient (Wildman–Crippen LogP) is 2.49. The molecule has 24 heavy (non-hydrogen) atoms. The lowest BCUT2D eigenvalue weighted by Gasteiger charge is -2.26. The van der Waals surface area contributed by atoms with Gasteiger partial charge in [-0.2, -0.15) is 0 Å². The summed E-state index contributed by atoms with van der Waals surface area (Å²) in [6.07, 6.45) is 4.25. The molecule has 3 rings (SSSR count). The number of nitrogens with one attached hydrogen (secondary N) is 1. The van der Waals surface area contributed by atoms with Gasteiger partial charge in [0.1, 0.15) is 5.82 Å². The Morgan fingerprint density at radius 3 is 2.50 bits per heavy atom. The van der Waals surface area contributed by atoms with Crippen molar-refractivity contribution in [2.75, 3.05) is 13.1 Å². The minimum Gasteiger partial charge on any atom is -0.350 e. The topological polar surface area (TPSA) is 58.4 Å². The molecule has 1 amide bonds. The third-order valence-electron chi connectivity index (χ3n) is 4.74. The quantitative estimate of drug-likeness (QED) is 0.800. The smallest absolute Gasteiger partial charge is 0.237 e. The second-order valence-corrected chi connectivity index (χ2v) is 6.44. The number of amides is 1. The Bertz CT molecular complexity index is 525. The lowest BCUT2D eigenvalue weighted by molar-refractivity contribution is -0.126. The summed E-state index contributed by atoms with van der Waals surface area (Å²) in [7, 11) is 0. The van der Waals surface area contributed by atoms with Crippen LogP contribution < -0.4 is 11.1 Å². The van der Waals surface area contributed by atoms with E-state index in [0.717, 1.165) is 24.9 Å². The van der Waals surface area contributed by atoms with Crippen LogP contribution in [-0.4, -0.2) is 36.0 Å². The molecular formula is C17H26Cl2FN3O. The molecule has 3 N–H and O–H groups in total. The Kier molecular flexibility index (Phi) is 8.43. The van der Waals surface area contributed by atoms with E-state index in [4.69, 9.17) is 5.73 Å². The van der Waals surface area contributed by atoms with Crippen LogP contribution in [0.4, 0.5) is 4.39 Å². The summed E-state index contributed by atoms with van der Waals surface area (Å²) in [5.41, 5.74) is 6.81. The second kappa shape index (κ2) is 9.56. The SMILES string of the molecule is Cl.Cl.NCC(NC(=O)C1CCCN1Cc1ccc(F)cc1)C1CC1. The fourth-order valence-corrected chi connectivity index (χ4v) is 3.28. The molecule has 136 valence electrons. The van der Waals surface area contributed by atoms with Gasteiger partial charge in [-0.3, -0.25) is 9.69 Å². The van der Waals surface area contributed by atoms with E-state index in [1.807, 2.05) is 0 Å². The largest absolute Gasteiger partial charge is 0.350 e. The van der Waals surface area contributed by atoms with E-state index in [1.165, 1.54) is 25.0 Å². The summed E-state index contributed by atoms with van der Waals surface area (Å²) in [4.78, 5) is 14.7. The van der Waals surface area contributed by atoms with Crippen LogP contribution in [0, 0.1) is 11.7 Å². The Balaban J connectivity index is 0.00000144. The number of carbonyl (C=O) groups excluding carboxylic acids is 1. The van der Waals surface area contributed by atoms with Crippen molar-refractivity contribution in [1.82, 2.24) is 10.2 Å². The number of benzene rings is 1. The van der Waals surface area contributed by atoms with Crippen LogP contribution in [0.2, 0.25) is 0 Å². The monoisotopic (exact) mass is 377 g/mol. The van der Waals surface area contributed by atoms with Gasteiger partial charge < -0.3 is 11.1 Å². The molecule has 1 aliphatic heterocycles. The molecule has 2 fully saturated rings. The van der Waals surface area contributed by atoms with Gasteiger partial charge in [-0.15, -0.1) is 24.8 Å². The molecule has 1 saturated carbocycles. The zero-order valence-electron chi connectivity index (χ0n) is 13.6. The van der Waals surface area contributed by atoms with E-state index < -0.39 is 0 Å². The van der Waals surface area contributed by atoms with Crippen molar-refractivity contribution in [2.24, 2.45) is 11.7 Å². The Morgan fingerprint density at radius 2 is 1.92 bits per heavy atom. The maximum Gasteiger partial charge on any atom is 0.237 e. The van der Waals surface area contributed by atoms with Crippen LogP contribution >= 0.6 is 24.8 Å². The number of rotatable bonds is 6. The number of nitrogens with zero attached hydrogens (tertiary/aromatic N) is 1. The lowest BCUT2D eigenvalue weighted by atomic mass is 10.1. The summed E-state index contributed by atoms with van der Waals surface area (Å²) < 4.78 is 13.0. The van der Waals surface area contributed by atoms with Crippen LogP contribution in [0.15, 0.2) is 24.3 Å². The number of halogens is 3. The van der Waals surface area contributed by atoms with Gasteiger partial charge in [0, 0.05) is 19.1 Å². The van der Waals surface area contributed by atoms with Crippen molar-refractivity contribution in [3.63, 3.8) is 0 Å². The van der Waals surface area contributed by atoms with Gasteiger partial charge in [0.15, 0.2) is 0 Å². The zero-order chi connectivity index (χ0) is 15.5. The highest BCUT2D eigenvalue weighted by atomic mass is 35.5.